The third kappa shape index (κ3) is 1.81. The van der Waals surface area contributed by atoms with Gasteiger partial charge in [-0.15, -0.1) is 0 Å². The predicted octanol–water partition coefficient (Wildman–Crippen LogP) is 5.16. The molecule has 0 aliphatic carbocycles. The van der Waals surface area contributed by atoms with E-state index in [-0.39, 0.29) is 29.7 Å². The molecule has 0 nitrogen and oxygen atoms in total. The fourth-order valence-corrected chi connectivity index (χ4v) is 2.11. The molecule has 17 heavy (non-hydrogen) atoms. The number of hydrogen-bond acceptors (Lipinski definition) is 0. The molecule has 0 aromatic heterocycles. The van der Waals surface area contributed by atoms with Gasteiger partial charge in [0.05, 0.1) is 6.85 Å². The maximum atomic E-state index is 8.10. The number of benzene rings is 3. The Morgan fingerprint density at radius 1 is 0.824 bits per heavy atom. The van der Waals surface area contributed by atoms with Crippen LogP contribution in [0.4, 0.5) is 0 Å². The van der Waals surface area contributed by atoms with Crippen molar-refractivity contribution >= 4 is 22.4 Å². The number of hydrogen-bond donors (Lipinski definition) is 0. The van der Waals surface area contributed by atoms with E-state index in [4.69, 9.17) is 18.5 Å². The van der Waals surface area contributed by atoms with E-state index in [1.54, 1.807) is 24.3 Å². The van der Waals surface area contributed by atoms with E-state index in [1.165, 1.54) is 0 Å². The second kappa shape index (κ2) is 4.23. The van der Waals surface area contributed by atoms with E-state index in [2.05, 4.69) is 0 Å². The first-order chi connectivity index (χ1) is 10.4. The summed E-state index contributed by atoms with van der Waals surface area (Å²) in [5.41, 5.74) is 0.774. The summed E-state index contributed by atoms with van der Waals surface area (Å²) in [6, 6.07) is 9.24. The molecule has 0 aliphatic heterocycles. The van der Waals surface area contributed by atoms with Gasteiger partial charge in [0.2, 0.25) is 0 Å². The molecule has 82 valence electrons. The van der Waals surface area contributed by atoms with Gasteiger partial charge in [-0.1, -0.05) is 72.1 Å². The molecule has 0 saturated heterocycles. The average Bonchev–Trinajstić information content (AvgIpc) is 2.52. The van der Waals surface area contributed by atoms with Crippen LogP contribution >= 0.6 is 11.6 Å². The Balaban J connectivity index is 2.46. The van der Waals surface area contributed by atoms with Crippen molar-refractivity contribution in [3.8, 4) is 11.1 Å². The zero-order valence-corrected chi connectivity index (χ0v) is 9.60. The standard InChI is InChI=1S/C16H11Cl/c17-16-11-5-9-14-13(8-4-10-15(14)16)12-6-2-1-3-7-12/h1-11H/i1D,2D,3D,6D,7D. The molecule has 0 N–H and O–H groups in total. The van der Waals surface area contributed by atoms with Crippen molar-refractivity contribution in [2.24, 2.45) is 0 Å². The van der Waals surface area contributed by atoms with Crippen LogP contribution < -0.4 is 0 Å². The molecule has 0 unspecified atom stereocenters. The third-order valence-electron chi connectivity index (χ3n) is 2.64. The smallest absolute Gasteiger partial charge is 0.0629 e. The van der Waals surface area contributed by atoms with E-state index >= 15 is 0 Å². The lowest BCUT2D eigenvalue weighted by Gasteiger charge is -2.07. The van der Waals surface area contributed by atoms with Crippen LogP contribution in [0.15, 0.2) is 66.6 Å². The second-order valence-corrected chi connectivity index (χ2v) is 4.05. The molecule has 0 atom stereocenters. The summed E-state index contributed by atoms with van der Waals surface area (Å²) in [5, 5.41) is 2.11. The molecule has 0 bridgehead atoms. The number of fused-ring (bicyclic) bond motifs is 1. The molecule has 3 aromatic carbocycles. The van der Waals surface area contributed by atoms with Gasteiger partial charge in [-0.3, -0.25) is 0 Å². The van der Waals surface area contributed by atoms with Crippen molar-refractivity contribution in [2.45, 2.75) is 0 Å². The van der Waals surface area contributed by atoms with E-state index in [0.717, 1.165) is 10.8 Å². The van der Waals surface area contributed by atoms with Gasteiger partial charge < -0.3 is 0 Å². The second-order valence-electron chi connectivity index (χ2n) is 3.64. The highest BCUT2D eigenvalue weighted by Gasteiger charge is 2.04. The average molecular weight is 244 g/mol. The van der Waals surface area contributed by atoms with Crippen LogP contribution in [0, 0.1) is 0 Å². The first kappa shape index (κ1) is 6.23. The Bertz CT molecular complexity index is 876. The van der Waals surface area contributed by atoms with Crippen LogP contribution in [0.3, 0.4) is 0 Å². The third-order valence-corrected chi connectivity index (χ3v) is 2.97. The fraction of sp³-hybridized carbons (Fsp3) is 0. The quantitative estimate of drug-likeness (QED) is 0.554. The summed E-state index contributed by atoms with van der Waals surface area (Å²) in [4.78, 5) is 0. The highest BCUT2D eigenvalue weighted by Crippen LogP contribution is 2.31. The summed E-state index contributed by atoms with van der Waals surface area (Å²) in [5.74, 6) is 0. The fourth-order valence-electron chi connectivity index (χ4n) is 1.87. The lowest BCUT2D eigenvalue weighted by Crippen LogP contribution is -1.81. The molecule has 0 fully saturated rings. The Morgan fingerprint density at radius 3 is 2.35 bits per heavy atom. The molecule has 0 aliphatic rings. The Morgan fingerprint density at radius 2 is 1.53 bits per heavy atom. The van der Waals surface area contributed by atoms with E-state index in [1.807, 2.05) is 12.1 Å². The largest absolute Gasteiger partial charge is 0.0837 e. The molecule has 0 saturated carbocycles. The van der Waals surface area contributed by atoms with Gasteiger partial charge >= 0.3 is 0 Å². The molecule has 3 aromatic rings. The van der Waals surface area contributed by atoms with Crippen molar-refractivity contribution in [1.29, 1.82) is 0 Å². The van der Waals surface area contributed by atoms with Crippen LogP contribution in [0.2, 0.25) is 5.02 Å². The molecule has 0 amide bonds. The molecule has 3 rings (SSSR count). The van der Waals surface area contributed by atoms with Crippen molar-refractivity contribution in [1.82, 2.24) is 0 Å². The van der Waals surface area contributed by atoms with Crippen LogP contribution in [0.1, 0.15) is 6.85 Å². The summed E-state index contributed by atoms with van der Waals surface area (Å²) in [6.07, 6.45) is 0. The van der Waals surface area contributed by atoms with Crippen LogP contribution in [0.25, 0.3) is 21.9 Å². The lowest BCUT2D eigenvalue weighted by atomic mass is 9.98. The zero-order valence-electron chi connectivity index (χ0n) is 13.8. The first-order valence-electron chi connectivity index (χ1n) is 7.68. The molecule has 0 heterocycles. The van der Waals surface area contributed by atoms with Gasteiger partial charge in [0.1, 0.15) is 0 Å². The maximum Gasteiger partial charge on any atom is 0.0629 e. The van der Waals surface area contributed by atoms with E-state index < -0.39 is 6.04 Å². The van der Waals surface area contributed by atoms with Gasteiger partial charge in [-0.05, 0) is 22.6 Å². The number of halogens is 1. The number of rotatable bonds is 1. The SMILES string of the molecule is [2H]c1c([2H])c([2H])c(-c2cccc3c(Cl)cccc23)c([2H])c1[2H]. The molecule has 0 spiro atoms. The monoisotopic (exact) mass is 243 g/mol. The van der Waals surface area contributed by atoms with E-state index in [0.29, 0.717) is 10.6 Å². The van der Waals surface area contributed by atoms with Crippen molar-refractivity contribution in [3.05, 3.63) is 71.6 Å². The van der Waals surface area contributed by atoms with Crippen molar-refractivity contribution in [3.63, 3.8) is 0 Å². The van der Waals surface area contributed by atoms with E-state index in [9.17, 15) is 0 Å². The summed E-state index contributed by atoms with van der Waals surface area (Å²) in [7, 11) is 0. The van der Waals surface area contributed by atoms with Gasteiger partial charge in [-0.2, -0.15) is 0 Å². The van der Waals surface area contributed by atoms with Crippen LogP contribution in [-0.2, 0) is 0 Å². The van der Waals surface area contributed by atoms with Gasteiger partial charge in [0, 0.05) is 10.4 Å². The topological polar surface area (TPSA) is 0 Å². The van der Waals surface area contributed by atoms with Crippen molar-refractivity contribution in [2.75, 3.05) is 0 Å². The van der Waals surface area contributed by atoms with Crippen LogP contribution in [-0.4, -0.2) is 0 Å². The molecule has 1 heteroatoms. The Labute approximate surface area is 112 Å². The van der Waals surface area contributed by atoms with Gasteiger partial charge in [0.15, 0.2) is 0 Å². The minimum Gasteiger partial charge on any atom is -0.0837 e. The zero-order chi connectivity index (χ0) is 16.0. The summed E-state index contributed by atoms with van der Waals surface area (Å²) < 4.78 is 39.5. The highest BCUT2D eigenvalue weighted by atomic mass is 35.5. The predicted molar refractivity (Wildman–Crippen MR) is 74.4 cm³/mol. The van der Waals surface area contributed by atoms with Gasteiger partial charge in [0.25, 0.3) is 0 Å². The normalized spacial score (nSPS) is 14.8. The molecule has 0 radical (unpaired) electrons. The molecular formula is C16H11Cl. The Kier molecular flexibility index (Phi) is 1.55. The minimum absolute atomic E-state index is 0.193. The van der Waals surface area contributed by atoms with Crippen molar-refractivity contribution < 1.29 is 6.85 Å². The minimum atomic E-state index is -0.392. The highest BCUT2D eigenvalue weighted by molar-refractivity contribution is 6.35. The first-order valence-corrected chi connectivity index (χ1v) is 5.55. The van der Waals surface area contributed by atoms with Gasteiger partial charge in [-0.25, -0.2) is 0 Å². The maximum absolute atomic E-state index is 8.10. The van der Waals surface area contributed by atoms with Crippen LogP contribution in [0.5, 0.6) is 0 Å². The molecular weight excluding hydrogens is 228 g/mol. The Hall–Kier alpha value is -1.79. The summed E-state index contributed by atoms with van der Waals surface area (Å²) in [6.45, 7) is 0. The summed E-state index contributed by atoms with van der Waals surface area (Å²) >= 11 is 6.19. The lowest BCUT2D eigenvalue weighted by molar-refractivity contribution is 1.65.